The van der Waals surface area contributed by atoms with E-state index < -0.39 is 0 Å². The normalized spacial score (nSPS) is 15.7. The van der Waals surface area contributed by atoms with Crippen LogP contribution in [0, 0.1) is 0 Å². The predicted molar refractivity (Wildman–Crippen MR) is 137 cm³/mol. The number of rotatable bonds is 7. The van der Waals surface area contributed by atoms with Gasteiger partial charge in [0.2, 0.25) is 5.91 Å². The van der Waals surface area contributed by atoms with Crippen LogP contribution in [0.3, 0.4) is 0 Å². The van der Waals surface area contributed by atoms with Crippen molar-refractivity contribution < 1.29 is 4.79 Å². The van der Waals surface area contributed by atoms with Gasteiger partial charge in [-0.2, -0.15) is 0 Å². The van der Waals surface area contributed by atoms with Gasteiger partial charge in [0.25, 0.3) is 0 Å². The Balaban J connectivity index is 1.23. The van der Waals surface area contributed by atoms with Gasteiger partial charge < -0.3 is 9.30 Å². The van der Waals surface area contributed by atoms with Gasteiger partial charge in [0, 0.05) is 57.5 Å². The van der Waals surface area contributed by atoms with Crippen LogP contribution < -0.4 is 0 Å². The highest BCUT2D eigenvalue weighted by atomic mass is 16.2. The summed E-state index contributed by atoms with van der Waals surface area (Å²) in [4.78, 5) is 22.4. The van der Waals surface area contributed by atoms with Gasteiger partial charge in [-0.05, 0) is 23.3 Å². The van der Waals surface area contributed by atoms with E-state index in [0.717, 1.165) is 49.6 Å². The van der Waals surface area contributed by atoms with Crippen molar-refractivity contribution in [3.63, 3.8) is 0 Å². The van der Waals surface area contributed by atoms with E-state index in [2.05, 4.69) is 62.8 Å². The molecule has 4 aromatic rings. The van der Waals surface area contributed by atoms with Crippen molar-refractivity contribution in [2.24, 2.45) is 0 Å². The number of aromatic nitrogens is 2. The molecule has 1 fully saturated rings. The first-order valence-electron chi connectivity index (χ1n) is 12.0. The number of piperazine rings is 1. The first-order chi connectivity index (χ1) is 16.8. The van der Waals surface area contributed by atoms with Crippen molar-refractivity contribution in [2.45, 2.75) is 12.3 Å². The van der Waals surface area contributed by atoms with Gasteiger partial charge >= 0.3 is 0 Å². The van der Waals surface area contributed by atoms with E-state index in [1.165, 1.54) is 5.56 Å². The number of pyridine rings is 1. The van der Waals surface area contributed by atoms with E-state index in [9.17, 15) is 4.79 Å². The Hall–Kier alpha value is -3.70. The van der Waals surface area contributed by atoms with Crippen LogP contribution in [0.5, 0.6) is 0 Å². The van der Waals surface area contributed by atoms with Crippen molar-refractivity contribution in [2.75, 3.05) is 32.7 Å². The molecular weight excluding hydrogens is 420 g/mol. The molecule has 0 radical (unpaired) electrons. The number of nitrogens with zero attached hydrogens (tertiary/aromatic N) is 4. The molecule has 1 saturated heterocycles. The Morgan fingerprint density at radius 2 is 1.59 bits per heavy atom. The molecule has 0 spiro atoms. The molecular formula is C29H30N4O. The van der Waals surface area contributed by atoms with E-state index in [1.807, 2.05) is 59.8 Å². The lowest BCUT2D eigenvalue weighted by atomic mass is 9.92. The average Bonchev–Trinajstić information content (AvgIpc) is 3.33. The maximum absolute atomic E-state index is 13.4. The Morgan fingerprint density at radius 1 is 0.882 bits per heavy atom. The molecule has 0 bridgehead atoms. The van der Waals surface area contributed by atoms with Crippen LogP contribution in [0.15, 0.2) is 97.3 Å². The molecule has 1 aliphatic rings. The van der Waals surface area contributed by atoms with Crippen LogP contribution in [0.1, 0.15) is 29.2 Å². The van der Waals surface area contributed by atoms with Crippen LogP contribution in [0.2, 0.25) is 0 Å². The van der Waals surface area contributed by atoms with Crippen LogP contribution in [0.25, 0.3) is 11.7 Å². The number of fused-ring (bicyclic) bond motifs is 1. The van der Waals surface area contributed by atoms with Crippen molar-refractivity contribution in [3.05, 3.63) is 114 Å². The maximum atomic E-state index is 13.4. The minimum absolute atomic E-state index is 0.0297. The molecule has 5 nitrogen and oxygen atoms in total. The number of benzene rings is 2. The van der Waals surface area contributed by atoms with Gasteiger partial charge in [-0.15, -0.1) is 0 Å². The van der Waals surface area contributed by atoms with E-state index in [0.29, 0.717) is 6.42 Å². The van der Waals surface area contributed by atoms with Crippen molar-refractivity contribution in [1.29, 1.82) is 0 Å². The topological polar surface area (TPSA) is 40.9 Å². The second kappa shape index (κ2) is 10.5. The fraction of sp³-hybridized carbons (Fsp3) is 0.241. The molecule has 0 aliphatic carbocycles. The van der Waals surface area contributed by atoms with Crippen LogP contribution in [0.4, 0.5) is 0 Å². The first-order valence-corrected chi connectivity index (χ1v) is 12.0. The average molecular weight is 451 g/mol. The molecule has 1 unspecified atom stereocenters. The molecule has 5 rings (SSSR count). The number of carbonyl (C=O) groups excluding carboxylic acids is 1. The highest BCUT2D eigenvalue weighted by Crippen LogP contribution is 2.29. The van der Waals surface area contributed by atoms with Crippen molar-refractivity contribution >= 4 is 17.6 Å². The molecule has 2 aromatic heterocycles. The number of carbonyl (C=O) groups is 1. The minimum Gasteiger partial charge on any atom is -0.340 e. The second-order valence-electron chi connectivity index (χ2n) is 8.77. The van der Waals surface area contributed by atoms with E-state index in [1.54, 1.807) is 0 Å². The number of amides is 1. The van der Waals surface area contributed by atoms with E-state index in [4.69, 9.17) is 0 Å². The lowest BCUT2D eigenvalue weighted by Crippen LogP contribution is -2.48. The lowest BCUT2D eigenvalue weighted by Gasteiger charge is -2.35. The number of hydrogen-bond acceptors (Lipinski definition) is 3. The molecule has 3 heterocycles. The highest BCUT2D eigenvalue weighted by Gasteiger charge is 2.26. The van der Waals surface area contributed by atoms with Gasteiger partial charge in [-0.3, -0.25) is 9.69 Å². The van der Waals surface area contributed by atoms with E-state index in [-0.39, 0.29) is 11.8 Å². The van der Waals surface area contributed by atoms with E-state index >= 15 is 0 Å². The summed E-state index contributed by atoms with van der Waals surface area (Å²) in [6, 6.07) is 26.7. The van der Waals surface area contributed by atoms with Crippen molar-refractivity contribution in [3.8, 4) is 0 Å². The maximum Gasteiger partial charge on any atom is 0.223 e. The SMILES string of the molecule is O=C(CC(c1ccccc1)c1cnc2ccccn12)N1CCN(CC=Cc2ccccc2)CC1. The van der Waals surface area contributed by atoms with Crippen LogP contribution >= 0.6 is 0 Å². The van der Waals surface area contributed by atoms with Gasteiger partial charge in [0.1, 0.15) is 5.65 Å². The Morgan fingerprint density at radius 3 is 2.35 bits per heavy atom. The summed E-state index contributed by atoms with van der Waals surface area (Å²) >= 11 is 0. The molecule has 172 valence electrons. The zero-order chi connectivity index (χ0) is 23.2. The smallest absolute Gasteiger partial charge is 0.223 e. The molecule has 5 heteroatoms. The Kier molecular flexibility index (Phi) is 6.82. The molecule has 0 N–H and O–H groups in total. The first kappa shape index (κ1) is 22.1. The third-order valence-corrected chi connectivity index (χ3v) is 6.58. The van der Waals surface area contributed by atoms with Gasteiger partial charge in [0.15, 0.2) is 0 Å². The Labute approximate surface area is 201 Å². The van der Waals surface area contributed by atoms with Gasteiger partial charge in [0.05, 0.1) is 5.69 Å². The molecule has 1 atom stereocenters. The monoisotopic (exact) mass is 450 g/mol. The second-order valence-corrected chi connectivity index (χ2v) is 8.77. The largest absolute Gasteiger partial charge is 0.340 e. The third kappa shape index (κ3) is 5.10. The van der Waals surface area contributed by atoms with Crippen molar-refractivity contribution in [1.82, 2.24) is 19.2 Å². The molecule has 1 amide bonds. The third-order valence-electron chi connectivity index (χ3n) is 6.58. The summed E-state index contributed by atoms with van der Waals surface area (Å²) in [5.74, 6) is 0.178. The summed E-state index contributed by atoms with van der Waals surface area (Å²) in [5.41, 5.74) is 4.32. The number of imidazole rings is 1. The Bertz CT molecular complexity index is 1240. The number of hydrogen-bond donors (Lipinski definition) is 0. The predicted octanol–water partition coefficient (Wildman–Crippen LogP) is 4.71. The van der Waals surface area contributed by atoms with Crippen LogP contribution in [-0.2, 0) is 4.79 Å². The molecule has 2 aromatic carbocycles. The summed E-state index contributed by atoms with van der Waals surface area (Å²) in [6.07, 6.45) is 8.76. The zero-order valence-corrected chi connectivity index (χ0v) is 19.3. The molecule has 1 aliphatic heterocycles. The minimum atomic E-state index is -0.0297. The summed E-state index contributed by atoms with van der Waals surface area (Å²) < 4.78 is 2.10. The fourth-order valence-corrected chi connectivity index (χ4v) is 4.67. The van der Waals surface area contributed by atoms with Gasteiger partial charge in [-0.25, -0.2) is 4.98 Å². The van der Waals surface area contributed by atoms with Gasteiger partial charge in [-0.1, -0.05) is 78.9 Å². The highest BCUT2D eigenvalue weighted by molar-refractivity contribution is 5.78. The summed E-state index contributed by atoms with van der Waals surface area (Å²) in [6.45, 7) is 4.25. The fourth-order valence-electron chi connectivity index (χ4n) is 4.67. The summed E-state index contributed by atoms with van der Waals surface area (Å²) in [7, 11) is 0. The lowest BCUT2D eigenvalue weighted by molar-refractivity contribution is -0.133. The molecule has 0 saturated carbocycles. The quantitative estimate of drug-likeness (QED) is 0.409. The molecule has 34 heavy (non-hydrogen) atoms. The standard InChI is InChI=1S/C29H30N4O/c34-29(32-20-18-31(19-21-32)16-9-12-24-10-3-1-4-11-24)22-26(25-13-5-2-6-14-25)27-23-30-28-15-7-8-17-33(27)28/h1-15,17,23,26H,16,18-22H2. The van der Waals surface area contributed by atoms with Crippen LogP contribution in [-0.4, -0.2) is 57.8 Å². The summed E-state index contributed by atoms with van der Waals surface area (Å²) in [5, 5.41) is 0. The zero-order valence-electron chi connectivity index (χ0n) is 19.3.